The van der Waals surface area contributed by atoms with Crippen LogP contribution in [-0.2, 0) is 17.9 Å². The molecule has 0 spiro atoms. The van der Waals surface area contributed by atoms with Crippen molar-refractivity contribution in [1.29, 1.82) is 0 Å². The Morgan fingerprint density at radius 2 is 1.85 bits per heavy atom. The fraction of sp³-hybridized carbons (Fsp3) is 0.250. The highest BCUT2D eigenvalue weighted by molar-refractivity contribution is 5.76. The molecule has 0 aliphatic heterocycles. The van der Waals surface area contributed by atoms with Gasteiger partial charge in [-0.25, -0.2) is 9.20 Å². The third kappa shape index (κ3) is 4.08. The molecule has 0 radical (unpaired) electrons. The van der Waals surface area contributed by atoms with Crippen LogP contribution >= 0.6 is 0 Å². The number of halogens is 3. The van der Waals surface area contributed by atoms with E-state index in [1.54, 1.807) is 30.3 Å². The predicted molar refractivity (Wildman–Crippen MR) is 85.2 cm³/mol. The molecule has 1 amide bonds. The molecule has 136 valence electrons. The average Bonchev–Trinajstić information content (AvgIpc) is 3.06. The van der Waals surface area contributed by atoms with E-state index in [1.165, 1.54) is 23.1 Å². The highest BCUT2D eigenvalue weighted by Gasteiger charge is 2.33. The van der Waals surface area contributed by atoms with Crippen molar-refractivity contribution in [2.24, 2.45) is 0 Å². The standard InChI is InChI=1S/C16H14F3N5O2/c17-16(18,19)10-22(8-12-4-2-1-3-5-12)14(25)9-23-15(26)13-6-7-20-24(13)11-21-23/h1-7,11H,8-10H2. The van der Waals surface area contributed by atoms with Gasteiger partial charge in [0.2, 0.25) is 5.91 Å². The number of aromatic nitrogens is 4. The Morgan fingerprint density at radius 3 is 2.54 bits per heavy atom. The number of alkyl halides is 3. The Balaban J connectivity index is 1.84. The van der Waals surface area contributed by atoms with Gasteiger partial charge in [0.1, 0.15) is 24.9 Å². The summed E-state index contributed by atoms with van der Waals surface area (Å²) >= 11 is 0. The summed E-state index contributed by atoms with van der Waals surface area (Å²) in [6.07, 6.45) is -1.95. The lowest BCUT2D eigenvalue weighted by Gasteiger charge is -2.24. The van der Waals surface area contributed by atoms with Gasteiger partial charge in [-0.1, -0.05) is 30.3 Å². The van der Waals surface area contributed by atoms with Crippen molar-refractivity contribution < 1.29 is 18.0 Å². The summed E-state index contributed by atoms with van der Waals surface area (Å²) < 4.78 is 40.6. The van der Waals surface area contributed by atoms with E-state index in [9.17, 15) is 22.8 Å². The van der Waals surface area contributed by atoms with Gasteiger partial charge in [-0.05, 0) is 11.6 Å². The van der Waals surface area contributed by atoms with E-state index >= 15 is 0 Å². The van der Waals surface area contributed by atoms with Crippen molar-refractivity contribution in [3.63, 3.8) is 0 Å². The maximum Gasteiger partial charge on any atom is 0.406 e. The predicted octanol–water partition coefficient (Wildman–Crippen LogP) is 1.48. The van der Waals surface area contributed by atoms with Crippen molar-refractivity contribution in [2.45, 2.75) is 19.3 Å². The van der Waals surface area contributed by atoms with E-state index in [0.29, 0.717) is 10.5 Å². The number of carbonyl (C=O) groups is 1. The summed E-state index contributed by atoms with van der Waals surface area (Å²) in [4.78, 5) is 25.3. The average molecular weight is 365 g/mol. The molecule has 0 unspecified atom stereocenters. The minimum Gasteiger partial charge on any atom is -0.328 e. The van der Waals surface area contributed by atoms with Crippen LogP contribution in [0, 0.1) is 0 Å². The number of nitrogens with zero attached hydrogens (tertiary/aromatic N) is 5. The Kier molecular flexibility index (Phi) is 4.74. The molecule has 26 heavy (non-hydrogen) atoms. The molecule has 2 aromatic heterocycles. The summed E-state index contributed by atoms with van der Waals surface area (Å²) in [7, 11) is 0. The van der Waals surface area contributed by atoms with Gasteiger partial charge in [0.15, 0.2) is 0 Å². The summed E-state index contributed by atoms with van der Waals surface area (Å²) in [6.45, 7) is -2.23. The topological polar surface area (TPSA) is 72.5 Å². The summed E-state index contributed by atoms with van der Waals surface area (Å²) in [5.41, 5.74) is 0.125. The highest BCUT2D eigenvalue weighted by Crippen LogP contribution is 2.18. The zero-order valence-corrected chi connectivity index (χ0v) is 13.4. The minimum atomic E-state index is -4.56. The first-order valence-electron chi connectivity index (χ1n) is 7.61. The number of fused-ring (bicyclic) bond motifs is 1. The number of rotatable bonds is 5. The second-order valence-corrected chi connectivity index (χ2v) is 5.61. The Bertz CT molecular complexity index is 965. The lowest BCUT2D eigenvalue weighted by molar-refractivity contribution is -0.163. The molecule has 7 nitrogen and oxygen atoms in total. The van der Waals surface area contributed by atoms with Crippen molar-refractivity contribution in [3.8, 4) is 0 Å². The SMILES string of the molecule is O=C(Cn1ncn2nccc2c1=O)N(Cc1ccccc1)CC(F)(F)F. The molecular weight excluding hydrogens is 351 g/mol. The largest absolute Gasteiger partial charge is 0.406 e. The van der Waals surface area contributed by atoms with Crippen LogP contribution in [0.3, 0.4) is 0 Å². The van der Waals surface area contributed by atoms with Gasteiger partial charge in [-0.2, -0.15) is 23.4 Å². The van der Waals surface area contributed by atoms with Crippen LogP contribution in [0.2, 0.25) is 0 Å². The zero-order chi connectivity index (χ0) is 18.7. The molecule has 2 heterocycles. The Labute approximate surface area is 145 Å². The van der Waals surface area contributed by atoms with E-state index in [2.05, 4.69) is 10.2 Å². The molecule has 0 saturated carbocycles. The van der Waals surface area contributed by atoms with Crippen molar-refractivity contribution in [3.05, 3.63) is 64.8 Å². The van der Waals surface area contributed by atoms with Gasteiger partial charge in [-0.3, -0.25) is 9.59 Å². The van der Waals surface area contributed by atoms with E-state index in [0.717, 1.165) is 4.68 Å². The molecule has 10 heteroatoms. The first kappa shape index (κ1) is 17.6. The van der Waals surface area contributed by atoms with Crippen LogP contribution in [-0.4, -0.2) is 42.9 Å². The second-order valence-electron chi connectivity index (χ2n) is 5.61. The van der Waals surface area contributed by atoms with Crippen LogP contribution in [0.1, 0.15) is 5.56 Å². The number of hydrogen-bond acceptors (Lipinski definition) is 4. The number of amides is 1. The maximum atomic E-state index is 12.9. The highest BCUT2D eigenvalue weighted by atomic mass is 19.4. The summed E-state index contributed by atoms with van der Waals surface area (Å²) in [6, 6.07) is 9.75. The van der Waals surface area contributed by atoms with Crippen molar-refractivity contribution >= 4 is 11.4 Å². The molecule has 3 rings (SSSR count). The molecule has 1 aromatic carbocycles. The summed E-state index contributed by atoms with van der Waals surface area (Å²) in [5, 5.41) is 7.62. The molecule has 0 aliphatic rings. The Morgan fingerprint density at radius 1 is 1.12 bits per heavy atom. The molecule has 0 saturated heterocycles. The first-order valence-corrected chi connectivity index (χ1v) is 7.61. The van der Waals surface area contributed by atoms with E-state index in [4.69, 9.17) is 0 Å². The van der Waals surface area contributed by atoms with Crippen LogP contribution < -0.4 is 5.56 Å². The normalized spacial score (nSPS) is 11.7. The molecular formula is C16H14F3N5O2. The monoisotopic (exact) mass is 365 g/mol. The van der Waals surface area contributed by atoms with E-state index in [1.807, 2.05) is 0 Å². The van der Waals surface area contributed by atoms with Crippen molar-refractivity contribution in [2.75, 3.05) is 6.54 Å². The molecule has 0 fully saturated rings. The third-order valence-corrected chi connectivity index (χ3v) is 3.65. The molecule has 0 bridgehead atoms. The quantitative estimate of drug-likeness (QED) is 0.687. The van der Waals surface area contributed by atoms with Gasteiger partial charge in [0.05, 0.1) is 6.20 Å². The Hall–Kier alpha value is -3.17. The van der Waals surface area contributed by atoms with Gasteiger partial charge in [0, 0.05) is 6.54 Å². The number of benzene rings is 1. The molecule has 3 aromatic rings. The van der Waals surface area contributed by atoms with Crippen LogP contribution in [0.15, 0.2) is 53.7 Å². The van der Waals surface area contributed by atoms with E-state index in [-0.39, 0.29) is 12.1 Å². The molecule has 0 aliphatic carbocycles. The fourth-order valence-electron chi connectivity index (χ4n) is 2.46. The summed E-state index contributed by atoms with van der Waals surface area (Å²) in [5.74, 6) is -0.857. The zero-order valence-electron chi connectivity index (χ0n) is 13.4. The fourth-order valence-corrected chi connectivity index (χ4v) is 2.46. The lowest BCUT2D eigenvalue weighted by atomic mass is 10.2. The minimum absolute atomic E-state index is 0.179. The van der Waals surface area contributed by atoms with Gasteiger partial charge < -0.3 is 4.90 Å². The van der Waals surface area contributed by atoms with Gasteiger partial charge in [-0.15, -0.1) is 0 Å². The van der Waals surface area contributed by atoms with Crippen LogP contribution in [0.5, 0.6) is 0 Å². The smallest absolute Gasteiger partial charge is 0.328 e. The second kappa shape index (κ2) is 6.98. The number of carbonyl (C=O) groups excluding carboxylic acids is 1. The number of hydrogen-bond donors (Lipinski definition) is 0. The van der Waals surface area contributed by atoms with Crippen LogP contribution in [0.4, 0.5) is 13.2 Å². The van der Waals surface area contributed by atoms with Crippen LogP contribution in [0.25, 0.3) is 5.52 Å². The molecule has 0 atom stereocenters. The maximum absolute atomic E-state index is 12.9. The van der Waals surface area contributed by atoms with Crippen molar-refractivity contribution in [1.82, 2.24) is 24.3 Å². The van der Waals surface area contributed by atoms with Gasteiger partial charge >= 0.3 is 6.18 Å². The third-order valence-electron chi connectivity index (χ3n) is 3.65. The lowest BCUT2D eigenvalue weighted by Crippen LogP contribution is -2.42. The molecule has 0 N–H and O–H groups in total. The van der Waals surface area contributed by atoms with Gasteiger partial charge in [0.25, 0.3) is 5.56 Å². The first-order chi connectivity index (χ1) is 12.3. The van der Waals surface area contributed by atoms with E-state index < -0.39 is 30.7 Å².